The Morgan fingerprint density at radius 2 is 2.25 bits per heavy atom. The SMILES string of the molecule is CCNCCC(=O)N1CC(O)CC1C(N)=O. The first-order valence-electron chi connectivity index (χ1n) is 5.53. The van der Waals surface area contributed by atoms with Crippen molar-refractivity contribution in [2.45, 2.75) is 31.9 Å². The van der Waals surface area contributed by atoms with Crippen molar-refractivity contribution >= 4 is 11.8 Å². The first-order chi connectivity index (χ1) is 7.56. The number of likely N-dealkylation sites (tertiary alicyclic amines) is 1. The summed E-state index contributed by atoms with van der Waals surface area (Å²) in [5, 5.41) is 12.5. The minimum Gasteiger partial charge on any atom is -0.391 e. The summed E-state index contributed by atoms with van der Waals surface area (Å²) in [5.41, 5.74) is 5.18. The van der Waals surface area contributed by atoms with E-state index in [1.165, 1.54) is 4.90 Å². The zero-order valence-corrected chi connectivity index (χ0v) is 9.48. The maximum Gasteiger partial charge on any atom is 0.240 e. The van der Waals surface area contributed by atoms with Crippen molar-refractivity contribution in [1.82, 2.24) is 10.2 Å². The molecule has 92 valence electrons. The second kappa shape index (κ2) is 5.81. The van der Waals surface area contributed by atoms with Gasteiger partial charge < -0.3 is 21.1 Å². The molecule has 0 aromatic heterocycles. The van der Waals surface area contributed by atoms with Crippen LogP contribution in [-0.2, 0) is 9.59 Å². The molecule has 0 radical (unpaired) electrons. The number of carbonyl (C=O) groups excluding carboxylic acids is 2. The van der Waals surface area contributed by atoms with Gasteiger partial charge in [0.1, 0.15) is 6.04 Å². The van der Waals surface area contributed by atoms with Crippen molar-refractivity contribution in [3.05, 3.63) is 0 Å². The molecule has 1 aliphatic heterocycles. The van der Waals surface area contributed by atoms with E-state index in [1.807, 2.05) is 6.92 Å². The minimum atomic E-state index is -0.649. The number of primary amides is 1. The van der Waals surface area contributed by atoms with Gasteiger partial charge in [-0.1, -0.05) is 6.92 Å². The third kappa shape index (κ3) is 3.18. The van der Waals surface area contributed by atoms with Crippen LogP contribution in [0.4, 0.5) is 0 Å². The molecular weight excluding hydrogens is 210 g/mol. The lowest BCUT2D eigenvalue weighted by molar-refractivity contribution is -0.137. The number of hydrogen-bond donors (Lipinski definition) is 3. The van der Waals surface area contributed by atoms with Crippen LogP contribution in [0.2, 0.25) is 0 Å². The lowest BCUT2D eigenvalue weighted by atomic mass is 10.2. The van der Waals surface area contributed by atoms with Gasteiger partial charge in [0.2, 0.25) is 11.8 Å². The molecule has 0 aliphatic carbocycles. The van der Waals surface area contributed by atoms with E-state index < -0.39 is 18.1 Å². The van der Waals surface area contributed by atoms with Gasteiger partial charge in [0, 0.05) is 25.9 Å². The maximum absolute atomic E-state index is 11.7. The Morgan fingerprint density at radius 1 is 1.56 bits per heavy atom. The Balaban J connectivity index is 2.50. The number of nitrogens with zero attached hydrogens (tertiary/aromatic N) is 1. The van der Waals surface area contributed by atoms with E-state index in [0.717, 1.165) is 6.54 Å². The van der Waals surface area contributed by atoms with Crippen LogP contribution >= 0.6 is 0 Å². The molecule has 1 rings (SSSR count). The van der Waals surface area contributed by atoms with E-state index in [4.69, 9.17) is 5.73 Å². The van der Waals surface area contributed by atoms with Gasteiger partial charge in [0.25, 0.3) is 0 Å². The average Bonchev–Trinajstić information content (AvgIpc) is 2.61. The summed E-state index contributed by atoms with van der Waals surface area (Å²) in [7, 11) is 0. The Bertz CT molecular complexity index is 270. The Hall–Kier alpha value is -1.14. The number of amides is 2. The number of rotatable bonds is 5. The summed E-state index contributed by atoms with van der Waals surface area (Å²) in [5.74, 6) is -0.686. The van der Waals surface area contributed by atoms with Crippen LogP contribution in [0.25, 0.3) is 0 Å². The molecule has 0 spiro atoms. The molecule has 1 fully saturated rings. The number of nitrogens with two attached hydrogens (primary N) is 1. The molecule has 0 bridgehead atoms. The fraction of sp³-hybridized carbons (Fsp3) is 0.800. The fourth-order valence-electron chi connectivity index (χ4n) is 1.87. The van der Waals surface area contributed by atoms with Crippen LogP contribution in [0.15, 0.2) is 0 Å². The predicted octanol–water partition coefficient (Wildman–Crippen LogP) is -1.57. The Kier molecular flexibility index (Phi) is 4.70. The van der Waals surface area contributed by atoms with Crippen molar-refractivity contribution in [3.8, 4) is 0 Å². The number of nitrogens with one attached hydrogen (secondary N) is 1. The molecule has 0 aromatic rings. The van der Waals surface area contributed by atoms with Crippen molar-refractivity contribution in [1.29, 1.82) is 0 Å². The molecule has 0 aromatic carbocycles. The Labute approximate surface area is 94.8 Å². The normalized spacial score (nSPS) is 24.8. The summed E-state index contributed by atoms with van der Waals surface area (Å²) >= 11 is 0. The number of aliphatic hydroxyl groups excluding tert-OH is 1. The van der Waals surface area contributed by atoms with Gasteiger partial charge in [-0.25, -0.2) is 0 Å². The third-order valence-corrected chi connectivity index (χ3v) is 2.69. The Morgan fingerprint density at radius 3 is 2.81 bits per heavy atom. The van der Waals surface area contributed by atoms with Crippen LogP contribution in [-0.4, -0.2) is 53.6 Å². The second-order valence-corrected chi connectivity index (χ2v) is 3.96. The molecule has 1 saturated heterocycles. The molecule has 4 N–H and O–H groups in total. The largest absolute Gasteiger partial charge is 0.391 e. The van der Waals surface area contributed by atoms with Crippen LogP contribution < -0.4 is 11.1 Å². The topological polar surface area (TPSA) is 95.7 Å². The molecule has 1 heterocycles. The van der Waals surface area contributed by atoms with Crippen molar-refractivity contribution in [2.24, 2.45) is 5.73 Å². The van der Waals surface area contributed by atoms with Crippen molar-refractivity contribution in [3.63, 3.8) is 0 Å². The first kappa shape index (κ1) is 12.9. The van der Waals surface area contributed by atoms with Gasteiger partial charge in [-0.3, -0.25) is 9.59 Å². The maximum atomic E-state index is 11.7. The minimum absolute atomic E-state index is 0.138. The summed E-state index contributed by atoms with van der Waals surface area (Å²) in [6.45, 7) is 3.54. The van der Waals surface area contributed by atoms with E-state index in [2.05, 4.69) is 5.32 Å². The number of aliphatic hydroxyl groups is 1. The van der Waals surface area contributed by atoms with Crippen LogP contribution in [0.1, 0.15) is 19.8 Å². The highest BCUT2D eigenvalue weighted by Gasteiger charge is 2.37. The van der Waals surface area contributed by atoms with Gasteiger partial charge in [0.15, 0.2) is 0 Å². The van der Waals surface area contributed by atoms with E-state index in [9.17, 15) is 14.7 Å². The van der Waals surface area contributed by atoms with Crippen molar-refractivity contribution in [2.75, 3.05) is 19.6 Å². The molecule has 0 saturated carbocycles. The van der Waals surface area contributed by atoms with Gasteiger partial charge in [0.05, 0.1) is 6.10 Å². The van der Waals surface area contributed by atoms with Gasteiger partial charge in [-0.15, -0.1) is 0 Å². The van der Waals surface area contributed by atoms with Crippen LogP contribution in [0.5, 0.6) is 0 Å². The summed E-state index contributed by atoms with van der Waals surface area (Å²) in [6, 6.07) is -0.649. The molecular formula is C10H19N3O3. The zero-order chi connectivity index (χ0) is 12.1. The highest BCUT2D eigenvalue weighted by Crippen LogP contribution is 2.18. The average molecular weight is 229 g/mol. The zero-order valence-electron chi connectivity index (χ0n) is 9.48. The fourth-order valence-corrected chi connectivity index (χ4v) is 1.87. The standard InChI is InChI=1S/C10H19N3O3/c1-2-12-4-3-9(15)13-6-7(14)5-8(13)10(11)16/h7-8,12,14H,2-6H2,1H3,(H2,11,16). The monoisotopic (exact) mass is 229 g/mol. The van der Waals surface area contributed by atoms with Gasteiger partial charge >= 0.3 is 0 Å². The van der Waals surface area contributed by atoms with Crippen molar-refractivity contribution < 1.29 is 14.7 Å². The number of carbonyl (C=O) groups is 2. The second-order valence-electron chi connectivity index (χ2n) is 3.96. The molecule has 1 aliphatic rings. The molecule has 6 nitrogen and oxygen atoms in total. The number of hydrogen-bond acceptors (Lipinski definition) is 4. The lowest BCUT2D eigenvalue weighted by Crippen LogP contribution is -2.44. The van der Waals surface area contributed by atoms with Crippen LogP contribution in [0, 0.1) is 0 Å². The summed E-state index contributed by atoms with van der Waals surface area (Å²) < 4.78 is 0. The molecule has 6 heteroatoms. The highest BCUT2D eigenvalue weighted by atomic mass is 16.3. The lowest BCUT2D eigenvalue weighted by Gasteiger charge is -2.21. The van der Waals surface area contributed by atoms with Gasteiger partial charge in [-0.05, 0) is 6.54 Å². The van der Waals surface area contributed by atoms with Crippen LogP contribution in [0.3, 0.4) is 0 Å². The van der Waals surface area contributed by atoms with Gasteiger partial charge in [-0.2, -0.15) is 0 Å². The smallest absolute Gasteiger partial charge is 0.240 e. The van der Waals surface area contributed by atoms with E-state index in [-0.39, 0.29) is 18.9 Å². The third-order valence-electron chi connectivity index (χ3n) is 2.69. The molecule has 2 unspecified atom stereocenters. The van der Waals surface area contributed by atoms with E-state index >= 15 is 0 Å². The quantitative estimate of drug-likeness (QED) is 0.496. The number of β-amino-alcohol motifs (C(OH)–C–C–N with tert-alkyl or cyclic N) is 1. The molecule has 2 amide bonds. The summed E-state index contributed by atoms with van der Waals surface area (Å²) in [4.78, 5) is 24.2. The summed E-state index contributed by atoms with van der Waals surface area (Å²) in [6.07, 6.45) is -0.0623. The highest BCUT2D eigenvalue weighted by molar-refractivity contribution is 5.87. The van der Waals surface area contributed by atoms with E-state index in [1.54, 1.807) is 0 Å². The first-order valence-corrected chi connectivity index (χ1v) is 5.53. The predicted molar refractivity (Wildman–Crippen MR) is 58.5 cm³/mol. The molecule has 16 heavy (non-hydrogen) atoms. The molecule has 2 atom stereocenters. The van der Waals surface area contributed by atoms with E-state index in [0.29, 0.717) is 13.0 Å².